The molecule has 1 rings (SSSR count). The lowest BCUT2D eigenvalue weighted by Gasteiger charge is -2.02. The van der Waals surface area contributed by atoms with Gasteiger partial charge in [0.15, 0.2) is 0 Å². The Balaban J connectivity index is 3.37. The molecule has 0 amide bonds. The van der Waals surface area contributed by atoms with Gasteiger partial charge >= 0.3 is 5.97 Å². The van der Waals surface area contributed by atoms with Gasteiger partial charge < -0.3 is 10.3 Å². The van der Waals surface area contributed by atoms with E-state index in [1.165, 1.54) is 12.1 Å². The van der Waals surface area contributed by atoms with Gasteiger partial charge in [0, 0.05) is 6.07 Å². The Morgan fingerprint density at radius 2 is 2.29 bits per heavy atom. The highest BCUT2D eigenvalue weighted by Crippen LogP contribution is 2.18. The zero-order valence-corrected chi connectivity index (χ0v) is 7.10. The van der Waals surface area contributed by atoms with Crippen LogP contribution in [0.5, 0.6) is 0 Å². The van der Waals surface area contributed by atoms with Crippen molar-refractivity contribution in [1.29, 1.82) is 5.26 Å². The molecule has 0 atom stereocenters. The van der Waals surface area contributed by atoms with Crippen molar-refractivity contribution in [3.8, 4) is 6.07 Å². The van der Waals surface area contributed by atoms with Crippen LogP contribution in [0.3, 0.4) is 0 Å². The van der Waals surface area contributed by atoms with Crippen molar-refractivity contribution in [2.45, 2.75) is 0 Å². The maximum atomic E-state index is 10.9. The molecule has 70 valence electrons. The fourth-order valence-corrected chi connectivity index (χ4v) is 0.966. The average molecular weight is 190 g/mol. The van der Waals surface area contributed by atoms with E-state index < -0.39 is 5.97 Å². The number of nitrogens with zero attached hydrogens (tertiary/aromatic N) is 2. The van der Waals surface area contributed by atoms with Crippen LogP contribution in [0.4, 0.5) is 5.69 Å². The number of hydrogen-bond donors (Lipinski definition) is 1. The standard InChI is InChI=1S/C9H6N2O3/c1-11(14)8-4-6(9(12)13)2-3-7(8)5-10/h2-4H,1H2,(H,12,13). The maximum absolute atomic E-state index is 10.9. The van der Waals surface area contributed by atoms with E-state index in [-0.39, 0.29) is 21.6 Å². The molecule has 14 heavy (non-hydrogen) atoms. The van der Waals surface area contributed by atoms with Crippen LogP contribution in [0, 0.1) is 16.5 Å². The minimum Gasteiger partial charge on any atom is -0.619 e. The highest BCUT2D eigenvalue weighted by atomic mass is 16.5. The molecule has 1 aromatic carbocycles. The predicted molar refractivity (Wildman–Crippen MR) is 48.5 cm³/mol. The van der Waals surface area contributed by atoms with Gasteiger partial charge in [0.05, 0.1) is 5.56 Å². The summed E-state index contributed by atoms with van der Waals surface area (Å²) in [7, 11) is 0. The molecule has 1 aromatic rings. The molecule has 0 spiro atoms. The summed E-state index contributed by atoms with van der Waals surface area (Å²) < 4.78 is 0.213. The number of hydrogen-bond acceptors (Lipinski definition) is 3. The van der Waals surface area contributed by atoms with E-state index in [2.05, 4.69) is 6.72 Å². The third-order valence-corrected chi connectivity index (χ3v) is 1.63. The van der Waals surface area contributed by atoms with Gasteiger partial charge in [-0.2, -0.15) is 10.0 Å². The van der Waals surface area contributed by atoms with Crippen molar-refractivity contribution in [1.82, 2.24) is 0 Å². The van der Waals surface area contributed by atoms with Crippen LogP contribution in [-0.2, 0) is 0 Å². The lowest BCUT2D eigenvalue weighted by atomic mass is 10.1. The second-order valence-corrected chi connectivity index (χ2v) is 2.53. The summed E-state index contributed by atoms with van der Waals surface area (Å²) in [5.74, 6) is -1.16. The van der Waals surface area contributed by atoms with Crippen LogP contribution in [0.25, 0.3) is 0 Å². The largest absolute Gasteiger partial charge is 0.619 e. The summed E-state index contributed by atoms with van der Waals surface area (Å²) in [5, 5.41) is 28.1. The third kappa shape index (κ3) is 1.69. The van der Waals surface area contributed by atoms with Gasteiger partial charge in [0.1, 0.15) is 18.4 Å². The van der Waals surface area contributed by atoms with Gasteiger partial charge in [-0.25, -0.2) is 4.79 Å². The van der Waals surface area contributed by atoms with Gasteiger partial charge in [-0.3, -0.25) is 0 Å². The lowest BCUT2D eigenvalue weighted by molar-refractivity contribution is -0.350. The summed E-state index contributed by atoms with van der Waals surface area (Å²) in [6.45, 7) is 3.05. The zero-order valence-electron chi connectivity index (χ0n) is 7.10. The Morgan fingerprint density at radius 3 is 2.71 bits per heavy atom. The van der Waals surface area contributed by atoms with E-state index in [0.717, 1.165) is 6.07 Å². The molecule has 0 fully saturated rings. The van der Waals surface area contributed by atoms with Gasteiger partial charge in [0.2, 0.25) is 5.69 Å². The molecule has 0 bridgehead atoms. The number of benzene rings is 1. The molecule has 0 aromatic heterocycles. The first kappa shape index (κ1) is 9.74. The van der Waals surface area contributed by atoms with Gasteiger partial charge in [-0.15, -0.1) is 0 Å². The minimum atomic E-state index is -1.16. The van der Waals surface area contributed by atoms with Crippen molar-refractivity contribution in [3.63, 3.8) is 0 Å². The van der Waals surface area contributed by atoms with E-state index in [1.54, 1.807) is 6.07 Å². The summed E-state index contributed by atoms with van der Waals surface area (Å²) in [4.78, 5) is 10.6. The minimum absolute atomic E-state index is 0.0487. The molecule has 0 saturated carbocycles. The average Bonchev–Trinajstić information content (AvgIpc) is 2.16. The molecule has 0 saturated heterocycles. The Hall–Kier alpha value is -2.35. The number of rotatable bonds is 2. The van der Waals surface area contributed by atoms with E-state index in [4.69, 9.17) is 10.4 Å². The first-order chi connectivity index (χ1) is 6.56. The molecule has 0 aliphatic rings. The molecule has 0 radical (unpaired) electrons. The molecule has 0 unspecified atom stereocenters. The smallest absolute Gasteiger partial charge is 0.335 e. The second kappa shape index (κ2) is 3.58. The third-order valence-electron chi connectivity index (χ3n) is 1.63. The van der Waals surface area contributed by atoms with Crippen LogP contribution in [0.2, 0.25) is 0 Å². The van der Waals surface area contributed by atoms with Gasteiger partial charge in [-0.1, -0.05) is 0 Å². The predicted octanol–water partition coefficient (Wildman–Crippen LogP) is 1.10. The van der Waals surface area contributed by atoms with Gasteiger partial charge in [-0.05, 0) is 12.1 Å². The second-order valence-electron chi connectivity index (χ2n) is 2.53. The molecule has 0 heterocycles. The highest BCUT2D eigenvalue weighted by Gasteiger charge is 2.12. The van der Waals surface area contributed by atoms with Crippen molar-refractivity contribution in [2.75, 3.05) is 0 Å². The van der Waals surface area contributed by atoms with Crippen molar-refractivity contribution < 1.29 is 14.6 Å². The first-order valence-electron chi connectivity index (χ1n) is 3.61. The summed E-state index contributed by atoms with van der Waals surface area (Å²) in [5.41, 5.74) is -0.00380. The number of carboxylic acids is 1. The normalized spacial score (nSPS) is 9.07. The van der Waals surface area contributed by atoms with E-state index in [9.17, 15) is 10.0 Å². The molecule has 1 N–H and O–H groups in total. The topological polar surface area (TPSA) is 87.2 Å². The van der Waals surface area contributed by atoms with E-state index >= 15 is 0 Å². The maximum Gasteiger partial charge on any atom is 0.335 e. The highest BCUT2D eigenvalue weighted by molar-refractivity contribution is 5.88. The summed E-state index contributed by atoms with van der Waals surface area (Å²) in [6, 6.07) is 5.41. The number of carboxylic acid groups (broad SMARTS) is 1. The fraction of sp³-hybridized carbons (Fsp3) is 0. The lowest BCUT2D eigenvalue weighted by Crippen LogP contribution is -2.00. The molecule has 0 aliphatic carbocycles. The molecule has 0 aliphatic heterocycles. The first-order valence-corrected chi connectivity index (χ1v) is 3.61. The fourth-order valence-electron chi connectivity index (χ4n) is 0.966. The number of carbonyl (C=O) groups is 1. The van der Waals surface area contributed by atoms with Gasteiger partial charge in [0.25, 0.3) is 0 Å². The monoisotopic (exact) mass is 190 g/mol. The molecular weight excluding hydrogens is 184 g/mol. The molecule has 5 nitrogen and oxygen atoms in total. The summed E-state index contributed by atoms with van der Waals surface area (Å²) in [6.07, 6.45) is 0. The Labute approximate surface area is 79.7 Å². The SMILES string of the molecule is C=[N+]([O-])c1cc(C(=O)O)ccc1C#N. The summed E-state index contributed by atoms with van der Waals surface area (Å²) >= 11 is 0. The van der Waals surface area contributed by atoms with Crippen LogP contribution < -0.4 is 0 Å². The number of aromatic carboxylic acids is 1. The number of nitriles is 1. The Morgan fingerprint density at radius 1 is 1.64 bits per heavy atom. The van der Waals surface area contributed by atoms with Crippen LogP contribution in [0.1, 0.15) is 15.9 Å². The van der Waals surface area contributed by atoms with Crippen molar-refractivity contribution >= 4 is 18.4 Å². The van der Waals surface area contributed by atoms with E-state index in [1.807, 2.05) is 0 Å². The zero-order chi connectivity index (χ0) is 10.7. The van der Waals surface area contributed by atoms with Crippen LogP contribution in [0.15, 0.2) is 18.2 Å². The molecule has 5 heteroatoms. The Kier molecular flexibility index (Phi) is 2.49. The van der Waals surface area contributed by atoms with Crippen molar-refractivity contribution in [2.24, 2.45) is 0 Å². The Bertz CT molecular complexity index is 446. The van der Waals surface area contributed by atoms with Crippen LogP contribution >= 0.6 is 0 Å². The van der Waals surface area contributed by atoms with E-state index in [0.29, 0.717) is 0 Å². The quantitative estimate of drug-likeness (QED) is 0.327. The van der Waals surface area contributed by atoms with Crippen LogP contribution in [-0.4, -0.2) is 22.5 Å². The van der Waals surface area contributed by atoms with Crippen molar-refractivity contribution in [3.05, 3.63) is 34.5 Å². The molecular formula is C9H6N2O3.